The molecular weight excluding hydrogens is 438 g/mol. The summed E-state index contributed by atoms with van der Waals surface area (Å²) in [5.41, 5.74) is 3.30. The van der Waals surface area contributed by atoms with E-state index in [-0.39, 0.29) is 0 Å². The maximum absolute atomic E-state index is 4.49. The summed E-state index contributed by atoms with van der Waals surface area (Å²) in [5, 5.41) is 7.91. The van der Waals surface area contributed by atoms with Crippen molar-refractivity contribution in [3.05, 3.63) is 43.0 Å². The van der Waals surface area contributed by atoms with Gasteiger partial charge in [0, 0.05) is 21.7 Å². The molecule has 0 saturated carbocycles. The zero-order valence-corrected chi connectivity index (χ0v) is 15.4. The molecule has 0 aliphatic heterocycles. The molecule has 0 amide bonds. The summed E-state index contributed by atoms with van der Waals surface area (Å²) < 4.78 is 5.11. The molecule has 2 aromatic rings. The third-order valence-corrected chi connectivity index (χ3v) is 4.95. The van der Waals surface area contributed by atoms with E-state index in [0.29, 0.717) is 0 Å². The van der Waals surface area contributed by atoms with Gasteiger partial charge in [-0.05, 0) is 56.5 Å². The molecule has 102 valence electrons. The summed E-state index contributed by atoms with van der Waals surface area (Å²) in [5.74, 6) is 0. The lowest BCUT2D eigenvalue weighted by Crippen LogP contribution is -2.06. The van der Waals surface area contributed by atoms with Gasteiger partial charge in [-0.3, -0.25) is 4.68 Å². The third kappa shape index (κ3) is 3.41. The fraction of sp³-hybridized carbons (Fsp3) is 0.308. The third-order valence-electron chi connectivity index (χ3n) is 2.88. The molecule has 19 heavy (non-hydrogen) atoms. The Balaban J connectivity index is 2.16. The van der Waals surface area contributed by atoms with Gasteiger partial charge in [0.2, 0.25) is 0 Å². The van der Waals surface area contributed by atoms with E-state index < -0.39 is 0 Å². The first-order valence-corrected chi connectivity index (χ1v) is 8.30. The van der Waals surface area contributed by atoms with Gasteiger partial charge in [0.15, 0.2) is 0 Å². The van der Waals surface area contributed by atoms with Crippen LogP contribution in [0.25, 0.3) is 0 Å². The molecule has 1 heterocycles. The van der Waals surface area contributed by atoms with Crippen molar-refractivity contribution in [3.8, 4) is 0 Å². The second kappa shape index (κ2) is 6.41. The van der Waals surface area contributed by atoms with Gasteiger partial charge in [-0.15, -0.1) is 0 Å². The molecule has 0 aliphatic rings. The highest BCUT2D eigenvalue weighted by Crippen LogP contribution is 2.28. The summed E-state index contributed by atoms with van der Waals surface area (Å²) in [4.78, 5) is 0. The van der Waals surface area contributed by atoms with Crippen molar-refractivity contribution < 1.29 is 0 Å². The molecule has 0 atom stereocenters. The van der Waals surface area contributed by atoms with E-state index in [9.17, 15) is 0 Å². The lowest BCUT2D eigenvalue weighted by molar-refractivity contribution is 0.706. The number of halogens is 3. The first-order valence-electron chi connectivity index (χ1n) is 5.92. The molecule has 2 rings (SSSR count). The molecule has 6 heteroatoms. The highest BCUT2D eigenvalue weighted by atomic mass is 79.9. The summed E-state index contributed by atoms with van der Waals surface area (Å²) in [6, 6.07) is 6.08. The fourth-order valence-electron chi connectivity index (χ4n) is 1.82. The number of anilines is 1. The Bertz CT molecular complexity index is 593. The van der Waals surface area contributed by atoms with Crippen LogP contribution in [-0.4, -0.2) is 9.78 Å². The van der Waals surface area contributed by atoms with E-state index in [1.54, 1.807) is 0 Å². The maximum Gasteiger partial charge on any atom is 0.0767 e. The van der Waals surface area contributed by atoms with Gasteiger partial charge in [0.1, 0.15) is 0 Å². The molecule has 0 spiro atoms. The second-order valence-electron chi connectivity index (χ2n) is 4.16. The second-order valence-corrected chi connectivity index (χ2v) is 6.73. The van der Waals surface area contributed by atoms with Crippen molar-refractivity contribution in [3.63, 3.8) is 0 Å². The number of hydrogen-bond acceptors (Lipinski definition) is 2. The van der Waals surface area contributed by atoms with Gasteiger partial charge in [-0.1, -0.05) is 22.9 Å². The number of nitrogens with one attached hydrogen (secondary N) is 1. The van der Waals surface area contributed by atoms with Crippen LogP contribution in [0.2, 0.25) is 0 Å². The lowest BCUT2D eigenvalue weighted by Gasteiger charge is -2.09. The molecule has 3 nitrogen and oxygen atoms in total. The predicted octanol–water partition coefficient (Wildman–Crippen LogP) is 4.88. The van der Waals surface area contributed by atoms with E-state index in [0.717, 1.165) is 43.5 Å². The number of aromatic nitrogens is 2. The van der Waals surface area contributed by atoms with E-state index >= 15 is 0 Å². The van der Waals surface area contributed by atoms with Crippen molar-refractivity contribution in [1.29, 1.82) is 0 Å². The minimum Gasteiger partial charge on any atom is -0.378 e. The van der Waals surface area contributed by atoms with Gasteiger partial charge in [0.05, 0.1) is 22.4 Å². The quantitative estimate of drug-likeness (QED) is 0.717. The largest absolute Gasteiger partial charge is 0.378 e. The van der Waals surface area contributed by atoms with E-state index in [2.05, 4.69) is 65.1 Å². The van der Waals surface area contributed by atoms with E-state index in [1.807, 2.05) is 29.9 Å². The molecule has 1 N–H and O–H groups in total. The summed E-state index contributed by atoms with van der Waals surface area (Å²) in [6.07, 6.45) is 0.927. The summed E-state index contributed by atoms with van der Waals surface area (Å²) in [6.45, 7) is 2.83. The highest BCUT2D eigenvalue weighted by molar-refractivity contribution is 9.11. The Morgan fingerprint density at radius 1 is 1.26 bits per heavy atom. The van der Waals surface area contributed by atoms with Gasteiger partial charge in [-0.2, -0.15) is 5.10 Å². The maximum atomic E-state index is 4.49. The summed E-state index contributed by atoms with van der Waals surface area (Å²) >= 11 is 10.6. The lowest BCUT2D eigenvalue weighted by atomic mass is 10.3. The number of hydrogen-bond donors (Lipinski definition) is 1. The van der Waals surface area contributed by atoms with Crippen LogP contribution in [0.5, 0.6) is 0 Å². The van der Waals surface area contributed by atoms with Crippen LogP contribution < -0.4 is 5.32 Å². The first-order chi connectivity index (χ1) is 9.02. The first kappa shape index (κ1) is 15.1. The van der Waals surface area contributed by atoms with Crippen molar-refractivity contribution in [1.82, 2.24) is 9.78 Å². The van der Waals surface area contributed by atoms with Crippen LogP contribution in [0.1, 0.15) is 18.3 Å². The normalized spacial score (nSPS) is 10.8. The van der Waals surface area contributed by atoms with Crippen molar-refractivity contribution in [2.75, 3.05) is 5.32 Å². The average molecular weight is 452 g/mol. The molecule has 0 radical (unpaired) electrons. The van der Waals surface area contributed by atoms with Crippen LogP contribution >= 0.6 is 47.8 Å². The monoisotopic (exact) mass is 449 g/mol. The molecule has 0 unspecified atom stereocenters. The summed E-state index contributed by atoms with van der Waals surface area (Å²) in [7, 11) is 1.97. The number of rotatable bonds is 4. The zero-order chi connectivity index (χ0) is 14.0. The van der Waals surface area contributed by atoms with Crippen molar-refractivity contribution >= 4 is 53.5 Å². The Morgan fingerprint density at radius 3 is 2.58 bits per heavy atom. The Morgan fingerprint density at radius 2 is 2.00 bits per heavy atom. The predicted molar refractivity (Wildman–Crippen MR) is 89.5 cm³/mol. The SMILES string of the molecule is CCc1nn(C)c(CNc2ccc(Br)cc2Br)c1Br. The smallest absolute Gasteiger partial charge is 0.0767 e. The van der Waals surface area contributed by atoms with Crippen LogP contribution in [0, 0.1) is 0 Å². The average Bonchev–Trinajstić information content (AvgIpc) is 2.64. The molecule has 0 bridgehead atoms. The number of benzene rings is 1. The molecule has 0 saturated heterocycles. The van der Waals surface area contributed by atoms with E-state index in [1.165, 1.54) is 0 Å². The Hall–Kier alpha value is -0.330. The molecule has 0 fully saturated rings. The molecule has 0 aliphatic carbocycles. The van der Waals surface area contributed by atoms with Gasteiger partial charge in [-0.25, -0.2) is 0 Å². The molecule has 1 aromatic heterocycles. The minimum atomic E-state index is 0.727. The molecular formula is C13H14Br3N3. The fourth-order valence-corrected chi connectivity index (χ4v) is 3.77. The Kier molecular flexibility index (Phi) is 5.09. The number of aryl methyl sites for hydroxylation is 2. The topological polar surface area (TPSA) is 29.9 Å². The number of nitrogens with zero attached hydrogens (tertiary/aromatic N) is 2. The van der Waals surface area contributed by atoms with Crippen LogP contribution in [-0.2, 0) is 20.0 Å². The Labute approximate surface area is 138 Å². The van der Waals surface area contributed by atoms with Gasteiger partial charge < -0.3 is 5.32 Å². The highest BCUT2D eigenvalue weighted by Gasteiger charge is 2.12. The van der Waals surface area contributed by atoms with Gasteiger partial charge in [0.25, 0.3) is 0 Å². The molecule has 1 aromatic carbocycles. The van der Waals surface area contributed by atoms with Crippen LogP contribution in [0.15, 0.2) is 31.6 Å². The van der Waals surface area contributed by atoms with Crippen molar-refractivity contribution in [2.45, 2.75) is 19.9 Å². The van der Waals surface area contributed by atoms with Crippen LogP contribution in [0.3, 0.4) is 0 Å². The standard InChI is InChI=1S/C13H14Br3N3/c1-3-10-13(16)12(19(2)18-10)7-17-11-5-4-8(14)6-9(11)15/h4-6,17H,3,7H2,1-2H3. The minimum absolute atomic E-state index is 0.727. The van der Waals surface area contributed by atoms with Crippen LogP contribution in [0.4, 0.5) is 5.69 Å². The van der Waals surface area contributed by atoms with E-state index in [4.69, 9.17) is 0 Å². The van der Waals surface area contributed by atoms with Crippen molar-refractivity contribution in [2.24, 2.45) is 7.05 Å². The van der Waals surface area contributed by atoms with Gasteiger partial charge >= 0.3 is 0 Å². The zero-order valence-electron chi connectivity index (χ0n) is 10.7.